The van der Waals surface area contributed by atoms with Gasteiger partial charge >= 0.3 is 0 Å². The minimum Gasteiger partial charge on any atom is -0.310 e. The molecule has 0 saturated carbocycles. The third kappa shape index (κ3) is 4.79. The largest absolute Gasteiger partial charge is 0.310 e. The van der Waals surface area contributed by atoms with E-state index >= 15 is 0 Å². The van der Waals surface area contributed by atoms with Crippen LogP contribution >= 0.6 is 0 Å². The van der Waals surface area contributed by atoms with Crippen molar-refractivity contribution in [3.63, 3.8) is 0 Å². The summed E-state index contributed by atoms with van der Waals surface area (Å²) in [6, 6.07) is 7.28. The van der Waals surface area contributed by atoms with Crippen LogP contribution in [0.5, 0.6) is 0 Å². The lowest BCUT2D eigenvalue weighted by atomic mass is 9.93. The van der Waals surface area contributed by atoms with Gasteiger partial charge in [0.15, 0.2) is 0 Å². The molecule has 0 radical (unpaired) electrons. The Morgan fingerprint density at radius 1 is 1.14 bits per heavy atom. The van der Waals surface area contributed by atoms with Crippen LogP contribution in [0.1, 0.15) is 51.1 Å². The summed E-state index contributed by atoms with van der Waals surface area (Å²) in [5.41, 5.74) is 0.807. The van der Waals surface area contributed by atoms with E-state index in [1.54, 1.807) is 12.1 Å². The smallest absolute Gasteiger partial charge is 0.127 e. The second-order valence-electron chi connectivity index (χ2n) is 6.25. The van der Waals surface area contributed by atoms with Crippen molar-refractivity contribution in [1.29, 1.82) is 0 Å². The molecular weight excluding hydrogens is 263 g/mol. The third-order valence-electron chi connectivity index (χ3n) is 4.48. The lowest BCUT2D eigenvalue weighted by molar-refractivity contribution is 0.216. The quantitative estimate of drug-likeness (QED) is 0.853. The second-order valence-corrected chi connectivity index (χ2v) is 6.25. The SMILES string of the molecule is CCNC(c1ccccc1F)C(C)CN1CCCCCC1. The summed E-state index contributed by atoms with van der Waals surface area (Å²) in [5, 5.41) is 3.48. The molecule has 1 aliphatic rings. The van der Waals surface area contributed by atoms with Crippen molar-refractivity contribution in [2.45, 2.75) is 45.6 Å². The minimum absolute atomic E-state index is 0.0915. The van der Waals surface area contributed by atoms with Crippen molar-refractivity contribution in [3.8, 4) is 0 Å². The van der Waals surface area contributed by atoms with E-state index in [0.717, 1.165) is 18.7 Å². The summed E-state index contributed by atoms with van der Waals surface area (Å²) < 4.78 is 14.1. The van der Waals surface area contributed by atoms with Crippen molar-refractivity contribution < 1.29 is 4.39 Å². The van der Waals surface area contributed by atoms with E-state index in [9.17, 15) is 4.39 Å². The molecule has 21 heavy (non-hydrogen) atoms. The van der Waals surface area contributed by atoms with Crippen LogP contribution in [-0.2, 0) is 0 Å². The zero-order chi connectivity index (χ0) is 15.1. The van der Waals surface area contributed by atoms with Crippen molar-refractivity contribution >= 4 is 0 Å². The first-order valence-corrected chi connectivity index (χ1v) is 8.42. The first kappa shape index (κ1) is 16.4. The van der Waals surface area contributed by atoms with Crippen LogP contribution in [0.3, 0.4) is 0 Å². The van der Waals surface area contributed by atoms with Crippen LogP contribution in [0.15, 0.2) is 24.3 Å². The fraction of sp³-hybridized carbons (Fsp3) is 0.667. The molecule has 1 aliphatic heterocycles. The van der Waals surface area contributed by atoms with Gasteiger partial charge in [0, 0.05) is 18.2 Å². The molecule has 2 unspecified atom stereocenters. The standard InChI is InChI=1S/C18H29FN2/c1-3-20-18(16-10-6-7-11-17(16)19)15(2)14-21-12-8-4-5-9-13-21/h6-7,10-11,15,18,20H,3-5,8-9,12-14H2,1-2H3. The highest BCUT2D eigenvalue weighted by atomic mass is 19.1. The highest BCUT2D eigenvalue weighted by Gasteiger charge is 2.23. The van der Waals surface area contributed by atoms with Gasteiger partial charge in [-0.2, -0.15) is 0 Å². The van der Waals surface area contributed by atoms with Gasteiger partial charge in [-0.15, -0.1) is 0 Å². The van der Waals surface area contributed by atoms with Crippen molar-refractivity contribution in [2.75, 3.05) is 26.2 Å². The first-order chi connectivity index (χ1) is 10.2. The van der Waals surface area contributed by atoms with E-state index in [1.807, 2.05) is 12.1 Å². The zero-order valence-electron chi connectivity index (χ0n) is 13.4. The third-order valence-corrected chi connectivity index (χ3v) is 4.48. The highest BCUT2D eigenvalue weighted by molar-refractivity contribution is 5.22. The molecule has 2 nitrogen and oxygen atoms in total. The molecule has 0 aliphatic carbocycles. The van der Waals surface area contributed by atoms with Gasteiger partial charge in [0.2, 0.25) is 0 Å². The molecule has 1 fully saturated rings. The summed E-state index contributed by atoms with van der Waals surface area (Å²) in [7, 11) is 0. The number of halogens is 1. The van der Waals surface area contributed by atoms with Gasteiger partial charge in [0.1, 0.15) is 5.82 Å². The molecule has 0 amide bonds. The number of rotatable bonds is 6. The van der Waals surface area contributed by atoms with Crippen LogP contribution in [0.25, 0.3) is 0 Å². The molecule has 2 rings (SSSR count). The maximum absolute atomic E-state index is 14.1. The molecule has 2 atom stereocenters. The Balaban J connectivity index is 2.04. The molecule has 0 spiro atoms. The minimum atomic E-state index is -0.0915. The first-order valence-electron chi connectivity index (χ1n) is 8.42. The van der Waals surface area contributed by atoms with Crippen LogP contribution in [0.2, 0.25) is 0 Å². The van der Waals surface area contributed by atoms with Gasteiger partial charge in [-0.3, -0.25) is 0 Å². The molecule has 1 N–H and O–H groups in total. The Labute approximate surface area is 128 Å². The van der Waals surface area contributed by atoms with E-state index in [0.29, 0.717) is 5.92 Å². The van der Waals surface area contributed by atoms with Gasteiger partial charge in [-0.05, 0) is 44.5 Å². The number of hydrogen-bond donors (Lipinski definition) is 1. The predicted molar refractivity (Wildman–Crippen MR) is 86.9 cm³/mol. The molecule has 1 aromatic carbocycles. The van der Waals surface area contributed by atoms with E-state index in [4.69, 9.17) is 0 Å². The fourth-order valence-corrected chi connectivity index (χ4v) is 3.40. The fourth-order valence-electron chi connectivity index (χ4n) is 3.40. The number of nitrogens with zero attached hydrogens (tertiary/aromatic N) is 1. The summed E-state index contributed by atoms with van der Waals surface area (Å²) in [5.74, 6) is 0.311. The Morgan fingerprint density at radius 3 is 2.43 bits per heavy atom. The van der Waals surface area contributed by atoms with Gasteiger partial charge in [-0.1, -0.05) is 44.9 Å². The zero-order valence-corrected chi connectivity index (χ0v) is 13.4. The molecular formula is C18H29FN2. The Hall–Kier alpha value is -0.930. The van der Waals surface area contributed by atoms with Crippen LogP contribution in [0.4, 0.5) is 4.39 Å². The molecule has 3 heteroatoms. The molecule has 0 aromatic heterocycles. The van der Waals surface area contributed by atoms with Crippen molar-refractivity contribution in [2.24, 2.45) is 5.92 Å². The monoisotopic (exact) mass is 292 g/mol. The maximum atomic E-state index is 14.1. The summed E-state index contributed by atoms with van der Waals surface area (Å²) >= 11 is 0. The molecule has 1 aromatic rings. The van der Waals surface area contributed by atoms with E-state index in [2.05, 4.69) is 24.1 Å². The van der Waals surface area contributed by atoms with Gasteiger partial charge in [0.05, 0.1) is 0 Å². The lowest BCUT2D eigenvalue weighted by Crippen LogP contribution is -2.36. The summed E-state index contributed by atoms with van der Waals surface area (Å²) in [4.78, 5) is 2.56. The van der Waals surface area contributed by atoms with E-state index in [-0.39, 0.29) is 11.9 Å². The highest BCUT2D eigenvalue weighted by Crippen LogP contribution is 2.26. The van der Waals surface area contributed by atoms with Crippen molar-refractivity contribution in [3.05, 3.63) is 35.6 Å². The van der Waals surface area contributed by atoms with Crippen LogP contribution < -0.4 is 5.32 Å². The van der Waals surface area contributed by atoms with E-state index in [1.165, 1.54) is 38.8 Å². The lowest BCUT2D eigenvalue weighted by Gasteiger charge is -2.30. The maximum Gasteiger partial charge on any atom is 0.127 e. The van der Waals surface area contributed by atoms with E-state index < -0.39 is 0 Å². The Bertz CT molecular complexity index is 413. The van der Waals surface area contributed by atoms with Crippen LogP contribution in [-0.4, -0.2) is 31.1 Å². The predicted octanol–water partition coefficient (Wildman–Crippen LogP) is 3.99. The molecule has 1 heterocycles. The molecule has 118 valence electrons. The average molecular weight is 292 g/mol. The Kier molecular flexibility index (Phi) is 6.65. The second kappa shape index (κ2) is 8.50. The van der Waals surface area contributed by atoms with Gasteiger partial charge < -0.3 is 10.2 Å². The normalized spacial score (nSPS) is 20.0. The summed E-state index contributed by atoms with van der Waals surface area (Å²) in [6.45, 7) is 8.63. The number of likely N-dealkylation sites (tertiary alicyclic amines) is 1. The topological polar surface area (TPSA) is 15.3 Å². The summed E-state index contributed by atoms with van der Waals surface area (Å²) in [6.07, 6.45) is 5.32. The van der Waals surface area contributed by atoms with Crippen molar-refractivity contribution in [1.82, 2.24) is 10.2 Å². The molecule has 1 saturated heterocycles. The average Bonchev–Trinajstić information content (AvgIpc) is 2.74. The number of hydrogen-bond acceptors (Lipinski definition) is 2. The number of benzene rings is 1. The number of nitrogens with one attached hydrogen (secondary N) is 1. The molecule has 0 bridgehead atoms. The van der Waals surface area contributed by atoms with Crippen LogP contribution in [0, 0.1) is 11.7 Å². The van der Waals surface area contributed by atoms with Gasteiger partial charge in [-0.25, -0.2) is 4.39 Å². The Morgan fingerprint density at radius 2 is 1.81 bits per heavy atom. The van der Waals surface area contributed by atoms with Gasteiger partial charge in [0.25, 0.3) is 0 Å².